The first-order valence-electron chi connectivity index (χ1n) is 6.82. The number of hydrogen-bond donors (Lipinski definition) is 1. The molecule has 1 aromatic rings. The molecule has 21 heavy (non-hydrogen) atoms. The Hall–Kier alpha value is -1.46. The molecule has 0 amide bonds. The number of hydrogen-bond acceptors (Lipinski definition) is 5. The van der Waals surface area contributed by atoms with Gasteiger partial charge in [-0.25, -0.2) is 4.79 Å². The summed E-state index contributed by atoms with van der Waals surface area (Å²) in [5, 5.41) is 0. The molecule has 0 saturated heterocycles. The molecule has 118 valence electrons. The third-order valence-corrected chi connectivity index (χ3v) is 3.60. The standard InChI is InChI=1S/C15H21NO4.ClH/c1-18-13-8-3-10(15(17)19-2)9-14(13)20-12-6-4-11(16)5-7-12;/h3,8-9,11-12H,4-7,16H2,1-2H3;1H. The van der Waals surface area contributed by atoms with Gasteiger partial charge in [0.25, 0.3) is 0 Å². The molecule has 0 bridgehead atoms. The number of halogens is 1. The maximum Gasteiger partial charge on any atom is 0.337 e. The van der Waals surface area contributed by atoms with E-state index in [1.54, 1.807) is 25.3 Å². The average molecular weight is 316 g/mol. The van der Waals surface area contributed by atoms with Gasteiger partial charge in [-0.1, -0.05) is 0 Å². The molecule has 5 nitrogen and oxygen atoms in total. The smallest absolute Gasteiger partial charge is 0.337 e. The molecular weight excluding hydrogens is 294 g/mol. The van der Waals surface area contributed by atoms with Crippen molar-refractivity contribution >= 4 is 18.4 Å². The van der Waals surface area contributed by atoms with Crippen molar-refractivity contribution in [2.24, 2.45) is 5.73 Å². The number of benzene rings is 1. The fourth-order valence-corrected chi connectivity index (χ4v) is 2.40. The molecule has 0 atom stereocenters. The van der Waals surface area contributed by atoms with Gasteiger partial charge in [-0.05, 0) is 43.9 Å². The molecule has 1 aliphatic rings. The van der Waals surface area contributed by atoms with Gasteiger partial charge in [0.2, 0.25) is 0 Å². The third-order valence-electron chi connectivity index (χ3n) is 3.60. The lowest BCUT2D eigenvalue weighted by molar-refractivity contribution is 0.0599. The summed E-state index contributed by atoms with van der Waals surface area (Å²) in [6.07, 6.45) is 3.89. The molecule has 1 aromatic carbocycles. The summed E-state index contributed by atoms with van der Waals surface area (Å²) in [4.78, 5) is 11.6. The van der Waals surface area contributed by atoms with Gasteiger partial charge in [-0.2, -0.15) is 0 Å². The number of nitrogens with two attached hydrogens (primary N) is 1. The van der Waals surface area contributed by atoms with Crippen LogP contribution in [0.25, 0.3) is 0 Å². The van der Waals surface area contributed by atoms with Crippen LogP contribution in [0.5, 0.6) is 11.5 Å². The minimum atomic E-state index is -0.386. The van der Waals surface area contributed by atoms with Gasteiger partial charge in [0.05, 0.1) is 25.9 Å². The van der Waals surface area contributed by atoms with Crippen LogP contribution in [0.2, 0.25) is 0 Å². The lowest BCUT2D eigenvalue weighted by atomic mass is 9.94. The van der Waals surface area contributed by atoms with Crippen LogP contribution >= 0.6 is 12.4 Å². The minimum Gasteiger partial charge on any atom is -0.493 e. The van der Waals surface area contributed by atoms with E-state index in [2.05, 4.69) is 0 Å². The normalized spacial score (nSPS) is 21.1. The van der Waals surface area contributed by atoms with Crippen LogP contribution in [0.3, 0.4) is 0 Å². The third kappa shape index (κ3) is 4.51. The molecule has 0 aromatic heterocycles. The molecule has 1 saturated carbocycles. The van der Waals surface area contributed by atoms with Crippen LogP contribution in [-0.2, 0) is 4.74 Å². The summed E-state index contributed by atoms with van der Waals surface area (Å²) in [7, 11) is 2.94. The molecule has 1 fully saturated rings. The molecule has 2 rings (SSSR count). The summed E-state index contributed by atoms with van der Waals surface area (Å²) in [5.74, 6) is 0.812. The van der Waals surface area contributed by atoms with Gasteiger partial charge < -0.3 is 19.9 Å². The van der Waals surface area contributed by atoms with E-state index in [0.717, 1.165) is 25.7 Å². The van der Waals surface area contributed by atoms with E-state index in [9.17, 15) is 4.79 Å². The zero-order valence-corrected chi connectivity index (χ0v) is 13.2. The minimum absolute atomic E-state index is 0. The maximum absolute atomic E-state index is 11.6. The molecule has 0 unspecified atom stereocenters. The molecule has 2 N–H and O–H groups in total. The van der Waals surface area contributed by atoms with E-state index in [4.69, 9.17) is 19.9 Å². The Morgan fingerprint density at radius 2 is 1.81 bits per heavy atom. The molecule has 6 heteroatoms. The first kappa shape index (κ1) is 17.6. The number of carbonyl (C=O) groups excluding carboxylic acids is 1. The first-order valence-corrected chi connectivity index (χ1v) is 6.82. The molecular formula is C15H22ClNO4. The highest BCUT2D eigenvalue weighted by atomic mass is 35.5. The van der Waals surface area contributed by atoms with E-state index >= 15 is 0 Å². The van der Waals surface area contributed by atoms with Gasteiger partial charge in [-0.15, -0.1) is 12.4 Å². The number of ether oxygens (including phenoxy) is 3. The topological polar surface area (TPSA) is 70.8 Å². The van der Waals surface area contributed by atoms with Crippen LogP contribution in [0, 0.1) is 0 Å². The van der Waals surface area contributed by atoms with Crippen molar-refractivity contribution < 1.29 is 19.0 Å². The van der Waals surface area contributed by atoms with Gasteiger partial charge in [0.15, 0.2) is 11.5 Å². The molecule has 0 aliphatic heterocycles. The van der Waals surface area contributed by atoms with Gasteiger partial charge in [0.1, 0.15) is 0 Å². The van der Waals surface area contributed by atoms with Crippen LogP contribution in [0.1, 0.15) is 36.0 Å². The largest absolute Gasteiger partial charge is 0.493 e. The Bertz CT molecular complexity index is 473. The van der Waals surface area contributed by atoms with Crippen LogP contribution in [0.4, 0.5) is 0 Å². The zero-order valence-electron chi connectivity index (χ0n) is 12.3. The van der Waals surface area contributed by atoms with Crippen molar-refractivity contribution in [2.45, 2.75) is 37.8 Å². The number of carbonyl (C=O) groups is 1. The SMILES string of the molecule is COC(=O)c1ccc(OC)c(OC2CCC(N)CC2)c1.Cl. The molecule has 0 heterocycles. The summed E-state index contributed by atoms with van der Waals surface area (Å²) < 4.78 is 16.0. The Morgan fingerprint density at radius 1 is 1.14 bits per heavy atom. The number of rotatable bonds is 4. The monoisotopic (exact) mass is 315 g/mol. The highest BCUT2D eigenvalue weighted by Crippen LogP contribution is 2.32. The Balaban J connectivity index is 0.00000220. The quantitative estimate of drug-likeness (QED) is 0.865. The summed E-state index contributed by atoms with van der Waals surface area (Å²) in [5.41, 5.74) is 6.34. The molecule has 0 spiro atoms. The second-order valence-corrected chi connectivity index (χ2v) is 5.01. The second kappa shape index (κ2) is 8.10. The first-order chi connectivity index (χ1) is 9.63. The van der Waals surface area contributed by atoms with Gasteiger partial charge in [0, 0.05) is 6.04 Å². The molecule has 0 radical (unpaired) electrons. The predicted molar refractivity (Wildman–Crippen MR) is 82.4 cm³/mol. The lowest BCUT2D eigenvalue weighted by Crippen LogP contribution is -2.31. The van der Waals surface area contributed by atoms with Crippen LogP contribution in [0.15, 0.2) is 18.2 Å². The van der Waals surface area contributed by atoms with E-state index in [-0.39, 0.29) is 30.5 Å². The van der Waals surface area contributed by atoms with Crippen molar-refractivity contribution in [2.75, 3.05) is 14.2 Å². The van der Waals surface area contributed by atoms with E-state index in [1.165, 1.54) is 7.11 Å². The average Bonchev–Trinajstić information content (AvgIpc) is 2.48. The highest BCUT2D eigenvalue weighted by molar-refractivity contribution is 5.90. The van der Waals surface area contributed by atoms with Crippen molar-refractivity contribution in [1.82, 2.24) is 0 Å². The van der Waals surface area contributed by atoms with E-state index < -0.39 is 0 Å². The molecule has 1 aliphatic carbocycles. The summed E-state index contributed by atoms with van der Waals surface area (Å²) >= 11 is 0. The number of esters is 1. The van der Waals surface area contributed by atoms with E-state index in [0.29, 0.717) is 17.1 Å². The van der Waals surface area contributed by atoms with Crippen molar-refractivity contribution in [3.63, 3.8) is 0 Å². The van der Waals surface area contributed by atoms with Crippen LogP contribution in [-0.4, -0.2) is 32.3 Å². The lowest BCUT2D eigenvalue weighted by Gasteiger charge is -2.27. The predicted octanol–water partition coefficient (Wildman–Crippen LogP) is 2.55. The van der Waals surface area contributed by atoms with Crippen molar-refractivity contribution in [3.05, 3.63) is 23.8 Å². The zero-order chi connectivity index (χ0) is 14.5. The highest BCUT2D eigenvalue weighted by Gasteiger charge is 2.21. The number of methoxy groups -OCH3 is 2. The van der Waals surface area contributed by atoms with Crippen molar-refractivity contribution in [1.29, 1.82) is 0 Å². The van der Waals surface area contributed by atoms with Crippen LogP contribution < -0.4 is 15.2 Å². The Labute approximate surface area is 131 Å². The second-order valence-electron chi connectivity index (χ2n) is 5.01. The Kier molecular flexibility index (Phi) is 6.78. The van der Waals surface area contributed by atoms with Gasteiger partial charge >= 0.3 is 5.97 Å². The van der Waals surface area contributed by atoms with Gasteiger partial charge in [-0.3, -0.25) is 0 Å². The van der Waals surface area contributed by atoms with E-state index in [1.807, 2.05) is 0 Å². The maximum atomic E-state index is 11.6. The Morgan fingerprint density at radius 3 is 2.38 bits per heavy atom. The summed E-state index contributed by atoms with van der Waals surface area (Å²) in [6.45, 7) is 0. The summed E-state index contributed by atoms with van der Waals surface area (Å²) in [6, 6.07) is 5.32. The fourth-order valence-electron chi connectivity index (χ4n) is 2.40. The fraction of sp³-hybridized carbons (Fsp3) is 0.533. The van der Waals surface area contributed by atoms with Crippen molar-refractivity contribution in [3.8, 4) is 11.5 Å².